The van der Waals surface area contributed by atoms with Gasteiger partial charge in [-0.1, -0.05) is 30.3 Å². The summed E-state index contributed by atoms with van der Waals surface area (Å²) in [6.45, 7) is 1.95. The summed E-state index contributed by atoms with van der Waals surface area (Å²) in [4.78, 5) is 4.65. The standard InChI is InChI=1S/C9H13NO.ClH/c1-8(11-10)7-9-5-3-2-4-6-9;/h2-6,8H,7,10H2,1H3;1H. The van der Waals surface area contributed by atoms with Crippen molar-refractivity contribution in [2.24, 2.45) is 5.90 Å². The SMILES string of the molecule is CC(Cc1ccccc1)ON.Cl. The van der Waals surface area contributed by atoms with Crippen molar-refractivity contribution >= 4 is 12.4 Å². The zero-order chi connectivity index (χ0) is 8.10. The van der Waals surface area contributed by atoms with Crippen LogP contribution in [0.2, 0.25) is 0 Å². The van der Waals surface area contributed by atoms with E-state index in [-0.39, 0.29) is 18.5 Å². The molecule has 0 aliphatic heterocycles. The highest BCUT2D eigenvalue weighted by atomic mass is 35.5. The minimum atomic E-state index is 0. The van der Waals surface area contributed by atoms with Gasteiger partial charge in [0.1, 0.15) is 0 Å². The summed E-state index contributed by atoms with van der Waals surface area (Å²) in [6.07, 6.45) is 0.967. The number of hydrogen-bond acceptors (Lipinski definition) is 2. The highest BCUT2D eigenvalue weighted by Crippen LogP contribution is 2.03. The van der Waals surface area contributed by atoms with Gasteiger partial charge in [-0.2, -0.15) is 0 Å². The summed E-state index contributed by atoms with van der Waals surface area (Å²) in [6, 6.07) is 10.2. The van der Waals surface area contributed by atoms with Crippen LogP contribution < -0.4 is 5.90 Å². The fourth-order valence-electron chi connectivity index (χ4n) is 0.994. The molecule has 0 saturated heterocycles. The second-order valence-electron chi connectivity index (χ2n) is 2.64. The summed E-state index contributed by atoms with van der Waals surface area (Å²) in [5.41, 5.74) is 1.26. The summed E-state index contributed by atoms with van der Waals surface area (Å²) < 4.78 is 0. The van der Waals surface area contributed by atoms with Crippen LogP contribution in [0.4, 0.5) is 0 Å². The van der Waals surface area contributed by atoms with Crippen LogP contribution in [0.1, 0.15) is 12.5 Å². The number of benzene rings is 1. The Morgan fingerprint density at radius 1 is 1.33 bits per heavy atom. The lowest BCUT2D eigenvalue weighted by molar-refractivity contribution is 0.0671. The molecule has 0 aliphatic carbocycles. The van der Waals surface area contributed by atoms with Gasteiger partial charge in [0, 0.05) is 6.42 Å². The van der Waals surface area contributed by atoms with Gasteiger partial charge in [-0.05, 0) is 12.5 Å². The molecule has 0 amide bonds. The van der Waals surface area contributed by atoms with Crippen LogP contribution in [-0.4, -0.2) is 6.10 Å². The number of hydrogen-bond donors (Lipinski definition) is 1. The van der Waals surface area contributed by atoms with Gasteiger partial charge >= 0.3 is 0 Å². The molecule has 0 radical (unpaired) electrons. The number of rotatable bonds is 3. The van der Waals surface area contributed by atoms with Gasteiger partial charge < -0.3 is 4.84 Å². The lowest BCUT2D eigenvalue weighted by Crippen LogP contribution is -2.15. The molecule has 1 aromatic carbocycles. The molecule has 0 fully saturated rings. The monoisotopic (exact) mass is 187 g/mol. The van der Waals surface area contributed by atoms with Crippen LogP contribution in [0.5, 0.6) is 0 Å². The molecule has 2 N–H and O–H groups in total. The van der Waals surface area contributed by atoms with Crippen molar-refractivity contribution in [3.8, 4) is 0 Å². The Morgan fingerprint density at radius 3 is 2.42 bits per heavy atom. The molecule has 0 aromatic heterocycles. The molecule has 0 aliphatic rings. The van der Waals surface area contributed by atoms with Crippen LogP contribution in [-0.2, 0) is 11.3 Å². The first kappa shape index (κ1) is 11.4. The van der Waals surface area contributed by atoms with Gasteiger partial charge in [-0.15, -0.1) is 12.4 Å². The molecule has 3 heteroatoms. The van der Waals surface area contributed by atoms with Crippen molar-refractivity contribution in [3.63, 3.8) is 0 Å². The Labute approximate surface area is 79.1 Å². The van der Waals surface area contributed by atoms with E-state index in [4.69, 9.17) is 5.90 Å². The zero-order valence-corrected chi connectivity index (χ0v) is 7.88. The summed E-state index contributed by atoms with van der Waals surface area (Å²) in [5, 5.41) is 0. The molecular formula is C9H14ClNO. The fourth-order valence-corrected chi connectivity index (χ4v) is 0.994. The lowest BCUT2D eigenvalue weighted by Gasteiger charge is -2.07. The van der Waals surface area contributed by atoms with Crippen molar-refractivity contribution in [2.45, 2.75) is 19.4 Å². The molecule has 0 bridgehead atoms. The molecule has 1 atom stereocenters. The molecule has 1 aromatic rings. The Balaban J connectivity index is 0.00000121. The summed E-state index contributed by atoms with van der Waals surface area (Å²) >= 11 is 0. The smallest absolute Gasteiger partial charge is 0.0799 e. The van der Waals surface area contributed by atoms with Crippen LogP contribution in [0, 0.1) is 0 Å². The molecule has 0 saturated carbocycles. The number of halogens is 1. The van der Waals surface area contributed by atoms with E-state index in [0.717, 1.165) is 6.42 Å². The Bertz CT molecular complexity index is 203. The largest absolute Gasteiger partial charge is 0.301 e. The van der Waals surface area contributed by atoms with Gasteiger partial charge in [-0.25, -0.2) is 5.90 Å². The van der Waals surface area contributed by atoms with Gasteiger partial charge in [0.15, 0.2) is 0 Å². The molecule has 2 nitrogen and oxygen atoms in total. The van der Waals surface area contributed by atoms with Gasteiger partial charge in [-0.3, -0.25) is 0 Å². The average molecular weight is 188 g/mol. The normalized spacial score (nSPS) is 11.8. The van der Waals surface area contributed by atoms with Crippen LogP contribution in [0.15, 0.2) is 30.3 Å². The molecule has 1 unspecified atom stereocenters. The van der Waals surface area contributed by atoms with Crippen LogP contribution >= 0.6 is 12.4 Å². The first-order valence-corrected chi connectivity index (χ1v) is 3.72. The third kappa shape index (κ3) is 3.72. The Kier molecular flexibility index (Phi) is 5.72. The van der Waals surface area contributed by atoms with Crippen molar-refractivity contribution < 1.29 is 4.84 Å². The molecule has 0 spiro atoms. The minimum Gasteiger partial charge on any atom is -0.301 e. The van der Waals surface area contributed by atoms with Gasteiger partial charge in [0.25, 0.3) is 0 Å². The molecule has 1 rings (SSSR count). The molecule has 68 valence electrons. The van der Waals surface area contributed by atoms with E-state index >= 15 is 0 Å². The Hall–Kier alpha value is -0.570. The van der Waals surface area contributed by atoms with E-state index in [1.807, 2.05) is 25.1 Å². The van der Waals surface area contributed by atoms with Gasteiger partial charge in [0.2, 0.25) is 0 Å². The average Bonchev–Trinajstić information content (AvgIpc) is 2.06. The minimum absolute atomic E-state index is 0. The van der Waals surface area contributed by atoms with E-state index in [1.165, 1.54) is 5.56 Å². The lowest BCUT2D eigenvalue weighted by atomic mass is 10.1. The van der Waals surface area contributed by atoms with Crippen LogP contribution in [0.25, 0.3) is 0 Å². The predicted octanol–water partition coefficient (Wildman–Crippen LogP) is 1.93. The summed E-state index contributed by atoms with van der Waals surface area (Å²) in [7, 11) is 0. The maximum absolute atomic E-state index is 5.02. The van der Waals surface area contributed by atoms with Crippen molar-refractivity contribution in [3.05, 3.63) is 35.9 Å². The Morgan fingerprint density at radius 2 is 1.92 bits per heavy atom. The van der Waals surface area contributed by atoms with E-state index in [0.29, 0.717) is 0 Å². The van der Waals surface area contributed by atoms with Gasteiger partial charge in [0.05, 0.1) is 6.10 Å². The zero-order valence-electron chi connectivity index (χ0n) is 7.07. The van der Waals surface area contributed by atoms with Crippen molar-refractivity contribution in [1.29, 1.82) is 0 Å². The van der Waals surface area contributed by atoms with E-state index in [2.05, 4.69) is 17.0 Å². The fraction of sp³-hybridized carbons (Fsp3) is 0.333. The van der Waals surface area contributed by atoms with Crippen LogP contribution in [0.3, 0.4) is 0 Å². The molecular weight excluding hydrogens is 174 g/mol. The van der Waals surface area contributed by atoms with E-state index in [9.17, 15) is 0 Å². The first-order valence-electron chi connectivity index (χ1n) is 3.72. The topological polar surface area (TPSA) is 35.2 Å². The predicted molar refractivity (Wildman–Crippen MR) is 52.1 cm³/mol. The molecule has 12 heavy (non-hydrogen) atoms. The first-order chi connectivity index (χ1) is 5.33. The highest BCUT2D eigenvalue weighted by Gasteiger charge is 1.99. The second kappa shape index (κ2) is 6.00. The maximum Gasteiger partial charge on any atom is 0.0799 e. The third-order valence-electron chi connectivity index (χ3n) is 1.60. The van der Waals surface area contributed by atoms with Crippen molar-refractivity contribution in [2.75, 3.05) is 0 Å². The van der Waals surface area contributed by atoms with E-state index < -0.39 is 0 Å². The third-order valence-corrected chi connectivity index (χ3v) is 1.60. The highest BCUT2D eigenvalue weighted by molar-refractivity contribution is 5.85. The van der Waals surface area contributed by atoms with Crippen molar-refractivity contribution in [1.82, 2.24) is 0 Å². The maximum atomic E-state index is 5.02. The van der Waals surface area contributed by atoms with E-state index in [1.54, 1.807) is 0 Å². The number of nitrogens with two attached hydrogens (primary N) is 1. The second-order valence-corrected chi connectivity index (χ2v) is 2.64. The quantitative estimate of drug-likeness (QED) is 0.734. The summed E-state index contributed by atoms with van der Waals surface area (Å²) in [5.74, 6) is 5.02. The molecule has 0 heterocycles.